The summed E-state index contributed by atoms with van der Waals surface area (Å²) in [7, 11) is 3.74. The first-order chi connectivity index (χ1) is 7.32. The van der Waals surface area contributed by atoms with Crippen molar-refractivity contribution >= 4 is 0 Å². The smallest absolute Gasteiger partial charge is 0.115 e. The summed E-state index contributed by atoms with van der Waals surface area (Å²) in [4.78, 5) is 8.11. The quantitative estimate of drug-likeness (QED) is 0.808. The second-order valence-electron chi connectivity index (χ2n) is 4.02. The Kier molecular flexibility index (Phi) is 2.98. The Morgan fingerprint density at radius 2 is 2.07 bits per heavy atom. The Morgan fingerprint density at radius 1 is 1.40 bits per heavy atom. The van der Waals surface area contributed by atoms with Crippen LogP contribution >= 0.6 is 0 Å². The van der Waals surface area contributed by atoms with E-state index in [1.807, 2.05) is 19.4 Å². The molecule has 1 unspecified atom stereocenters. The summed E-state index contributed by atoms with van der Waals surface area (Å²) in [5.41, 5.74) is 1.04. The third-order valence-electron chi connectivity index (χ3n) is 3.34. The van der Waals surface area contributed by atoms with Crippen molar-refractivity contribution in [3.05, 3.63) is 24.3 Å². The summed E-state index contributed by atoms with van der Waals surface area (Å²) in [5, 5.41) is 3.31. The highest BCUT2D eigenvalue weighted by atomic mass is 16.5. The van der Waals surface area contributed by atoms with Crippen molar-refractivity contribution in [3.63, 3.8) is 0 Å². The van der Waals surface area contributed by atoms with E-state index in [2.05, 4.69) is 15.3 Å². The van der Waals surface area contributed by atoms with Crippen LogP contribution in [0.2, 0.25) is 0 Å². The third-order valence-corrected chi connectivity index (χ3v) is 3.34. The van der Waals surface area contributed by atoms with Crippen LogP contribution in [0.15, 0.2) is 18.7 Å². The predicted octanol–water partition coefficient (Wildman–Crippen LogP) is 1.31. The van der Waals surface area contributed by atoms with Crippen LogP contribution in [0.1, 0.15) is 30.9 Å². The minimum absolute atomic E-state index is 0.0561. The van der Waals surface area contributed by atoms with Gasteiger partial charge in [0.05, 0.1) is 11.6 Å². The number of nitrogens with zero attached hydrogens (tertiary/aromatic N) is 2. The molecule has 0 aliphatic heterocycles. The van der Waals surface area contributed by atoms with Crippen LogP contribution in [0.3, 0.4) is 0 Å². The molecule has 1 atom stereocenters. The van der Waals surface area contributed by atoms with Gasteiger partial charge in [-0.2, -0.15) is 0 Å². The van der Waals surface area contributed by atoms with Crippen LogP contribution < -0.4 is 5.32 Å². The summed E-state index contributed by atoms with van der Waals surface area (Å²) >= 11 is 0. The number of hydrogen-bond donors (Lipinski definition) is 1. The van der Waals surface area contributed by atoms with Gasteiger partial charge in [-0.25, -0.2) is 9.97 Å². The molecule has 0 radical (unpaired) electrons. The molecular formula is C11H17N3O. The average molecular weight is 207 g/mol. The lowest BCUT2D eigenvalue weighted by Gasteiger charge is -2.46. The lowest BCUT2D eigenvalue weighted by Crippen LogP contribution is -2.49. The van der Waals surface area contributed by atoms with Crippen LogP contribution in [0, 0.1) is 0 Å². The Bertz CT molecular complexity index is 305. The molecule has 1 saturated carbocycles. The SMILES string of the molecule is CNC(c1cncnc1)C1(OC)CCC1. The topological polar surface area (TPSA) is 47.0 Å². The van der Waals surface area contributed by atoms with Crippen molar-refractivity contribution < 1.29 is 4.74 Å². The zero-order valence-electron chi connectivity index (χ0n) is 9.23. The van der Waals surface area contributed by atoms with Crippen molar-refractivity contribution in [3.8, 4) is 0 Å². The first-order valence-corrected chi connectivity index (χ1v) is 5.30. The molecule has 1 aromatic heterocycles. The van der Waals surface area contributed by atoms with Crippen molar-refractivity contribution in [2.75, 3.05) is 14.2 Å². The van der Waals surface area contributed by atoms with Crippen LogP contribution in [0.4, 0.5) is 0 Å². The monoisotopic (exact) mass is 207 g/mol. The van der Waals surface area contributed by atoms with Gasteiger partial charge in [0.2, 0.25) is 0 Å². The molecule has 1 aliphatic rings. The summed E-state index contributed by atoms with van der Waals surface area (Å²) < 4.78 is 5.66. The molecule has 2 rings (SSSR count). The number of ether oxygens (including phenoxy) is 1. The molecule has 1 heterocycles. The van der Waals surface area contributed by atoms with E-state index < -0.39 is 0 Å². The highest BCUT2D eigenvalue weighted by molar-refractivity contribution is 5.17. The lowest BCUT2D eigenvalue weighted by atomic mass is 9.72. The normalized spacial score (nSPS) is 20.7. The molecule has 1 aliphatic carbocycles. The zero-order valence-corrected chi connectivity index (χ0v) is 9.23. The van der Waals surface area contributed by atoms with Crippen LogP contribution in [0.25, 0.3) is 0 Å². The molecule has 1 fully saturated rings. The summed E-state index contributed by atoms with van der Waals surface area (Å²) in [6, 6.07) is 0.192. The fourth-order valence-electron chi connectivity index (χ4n) is 2.33. The van der Waals surface area contributed by atoms with Gasteiger partial charge >= 0.3 is 0 Å². The summed E-state index contributed by atoms with van der Waals surface area (Å²) in [6.45, 7) is 0. The van der Waals surface area contributed by atoms with Gasteiger partial charge in [-0.1, -0.05) is 0 Å². The van der Waals surface area contributed by atoms with E-state index in [0.717, 1.165) is 18.4 Å². The van der Waals surface area contributed by atoms with E-state index in [9.17, 15) is 0 Å². The van der Waals surface area contributed by atoms with Crippen molar-refractivity contribution in [2.45, 2.75) is 30.9 Å². The average Bonchev–Trinajstić information content (AvgIpc) is 2.24. The van der Waals surface area contributed by atoms with Gasteiger partial charge in [0, 0.05) is 25.1 Å². The van der Waals surface area contributed by atoms with Gasteiger partial charge in [0.1, 0.15) is 6.33 Å². The van der Waals surface area contributed by atoms with Crippen LogP contribution in [-0.4, -0.2) is 29.7 Å². The molecule has 4 nitrogen and oxygen atoms in total. The van der Waals surface area contributed by atoms with Crippen molar-refractivity contribution in [1.29, 1.82) is 0 Å². The molecule has 4 heteroatoms. The lowest BCUT2D eigenvalue weighted by molar-refractivity contribution is -0.0984. The van der Waals surface area contributed by atoms with E-state index in [4.69, 9.17) is 4.74 Å². The van der Waals surface area contributed by atoms with Crippen LogP contribution in [-0.2, 0) is 4.74 Å². The number of aromatic nitrogens is 2. The molecule has 0 aromatic carbocycles. The maximum Gasteiger partial charge on any atom is 0.115 e. The third kappa shape index (κ3) is 1.75. The van der Waals surface area contributed by atoms with Crippen LogP contribution in [0.5, 0.6) is 0 Å². The van der Waals surface area contributed by atoms with E-state index in [0.29, 0.717) is 0 Å². The van der Waals surface area contributed by atoms with Gasteiger partial charge < -0.3 is 10.1 Å². The number of likely N-dealkylation sites (N-methyl/N-ethyl adjacent to an activating group) is 1. The Labute approximate surface area is 90.1 Å². The largest absolute Gasteiger partial charge is 0.376 e. The standard InChI is InChI=1S/C11H17N3O/c1-12-10(9-6-13-8-14-7-9)11(15-2)4-3-5-11/h6-8,10,12H,3-5H2,1-2H3. The highest BCUT2D eigenvalue weighted by Gasteiger charge is 2.44. The van der Waals surface area contributed by atoms with E-state index in [1.54, 1.807) is 13.4 Å². The number of nitrogens with one attached hydrogen (secondary N) is 1. The van der Waals surface area contributed by atoms with Gasteiger partial charge in [-0.15, -0.1) is 0 Å². The second-order valence-corrected chi connectivity index (χ2v) is 4.02. The fourth-order valence-corrected chi connectivity index (χ4v) is 2.33. The maximum atomic E-state index is 5.66. The molecule has 0 spiro atoms. The van der Waals surface area contributed by atoms with Gasteiger partial charge in [-0.05, 0) is 26.3 Å². The number of rotatable bonds is 4. The molecule has 0 saturated heterocycles. The van der Waals surface area contributed by atoms with Crippen molar-refractivity contribution in [1.82, 2.24) is 15.3 Å². The van der Waals surface area contributed by atoms with Gasteiger partial charge in [0.25, 0.3) is 0 Å². The number of methoxy groups -OCH3 is 1. The van der Waals surface area contributed by atoms with E-state index in [1.165, 1.54) is 6.42 Å². The van der Waals surface area contributed by atoms with Crippen molar-refractivity contribution in [2.24, 2.45) is 0 Å². The molecular weight excluding hydrogens is 190 g/mol. The molecule has 1 N–H and O–H groups in total. The minimum Gasteiger partial charge on any atom is -0.376 e. The second kappa shape index (κ2) is 4.24. The summed E-state index contributed by atoms with van der Waals surface area (Å²) in [6.07, 6.45) is 8.70. The molecule has 82 valence electrons. The van der Waals surface area contributed by atoms with E-state index in [-0.39, 0.29) is 11.6 Å². The Balaban J connectivity index is 2.24. The summed E-state index contributed by atoms with van der Waals surface area (Å²) in [5.74, 6) is 0. The zero-order chi connectivity index (χ0) is 10.7. The minimum atomic E-state index is -0.0561. The van der Waals surface area contributed by atoms with E-state index >= 15 is 0 Å². The molecule has 15 heavy (non-hydrogen) atoms. The Hall–Kier alpha value is -1.00. The fraction of sp³-hybridized carbons (Fsp3) is 0.636. The Morgan fingerprint density at radius 3 is 2.47 bits per heavy atom. The molecule has 0 amide bonds. The number of hydrogen-bond acceptors (Lipinski definition) is 4. The molecule has 1 aromatic rings. The maximum absolute atomic E-state index is 5.66. The predicted molar refractivity (Wildman–Crippen MR) is 57.4 cm³/mol. The van der Waals surface area contributed by atoms with Gasteiger partial charge in [-0.3, -0.25) is 0 Å². The highest BCUT2D eigenvalue weighted by Crippen LogP contribution is 2.44. The molecule has 0 bridgehead atoms. The first kappa shape index (κ1) is 10.5. The first-order valence-electron chi connectivity index (χ1n) is 5.30. The van der Waals surface area contributed by atoms with Gasteiger partial charge in [0.15, 0.2) is 0 Å².